The molecule has 5 heteroatoms. The molecule has 2 aromatic rings. The molecule has 0 amide bonds. The fourth-order valence-electron chi connectivity index (χ4n) is 2.06. The lowest BCUT2D eigenvalue weighted by molar-refractivity contribution is 0.0817. The summed E-state index contributed by atoms with van der Waals surface area (Å²) in [6, 6.07) is 5.69. The molecular weight excluding hydrogens is 274 g/mol. The number of aromatic nitrogens is 1. The van der Waals surface area contributed by atoms with E-state index in [9.17, 15) is 5.11 Å². The number of ether oxygens (including phenoxy) is 2. The van der Waals surface area contributed by atoms with Gasteiger partial charge < -0.3 is 14.6 Å². The molecule has 0 aliphatic heterocycles. The van der Waals surface area contributed by atoms with Crippen LogP contribution in [-0.2, 0) is 5.60 Å². The minimum atomic E-state index is -0.878. The van der Waals surface area contributed by atoms with Crippen molar-refractivity contribution in [1.82, 2.24) is 4.98 Å². The van der Waals surface area contributed by atoms with Crippen LogP contribution in [0.5, 0.6) is 11.5 Å². The fraction of sp³-hybridized carbons (Fsp3) is 0.400. The van der Waals surface area contributed by atoms with Crippen molar-refractivity contribution in [3.8, 4) is 22.1 Å². The second kappa shape index (κ2) is 5.42. The zero-order chi connectivity index (χ0) is 14.9. The normalized spacial score (nSPS) is 11.5. The van der Waals surface area contributed by atoms with Gasteiger partial charge in [-0.3, -0.25) is 0 Å². The van der Waals surface area contributed by atoms with Gasteiger partial charge in [0.1, 0.15) is 5.01 Å². The molecule has 0 atom stereocenters. The zero-order valence-electron chi connectivity index (χ0n) is 12.4. The van der Waals surface area contributed by atoms with Crippen LogP contribution in [0.4, 0.5) is 0 Å². The highest BCUT2D eigenvalue weighted by molar-refractivity contribution is 7.15. The summed E-state index contributed by atoms with van der Waals surface area (Å²) < 4.78 is 10.5. The Bertz CT molecular complexity index is 614. The maximum atomic E-state index is 10.1. The van der Waals surface area contributed by atoms with E-state index in [4.69, 9.17) is 9.47 Å². The molecule has 0 spiro atoms. The minimum Gasteiger partial charge on any atom is -0.493 e. The van der Waals surface area contributed by atoms with Crippen molar-refractivity contribution in [3.63, 3.8) is 0 Å². The average Bonchev–Trinajstić information content (AvgIpc) is 2.80. The SMILES string of the molecule is COc1ccc(-c2nc(C)c(C(C)(C)O)s2)cc1OC. The van der Waals surface area contributed by atoms with Crippen molar-refractivity contribution >= 4 is 11.3 Å². The molecule has 0 aliphatic carbocycles. The molecule has 1 heterocycles. The topological polar surface area (TPSA) is 51.6 Å². The lowest BCUT2D eigenvalue weighted by atomic mass is 10.1. The molecule has 2 rings (SSSR count). The van der Waals surface area contributed by atoms with Gasteiger partial charge in [0.25, 0.3) is 0 Å². The molecule has 108 valence electrons. The van der Waals surface area contributed by atoms with Crippen LogP contribution in [-0.4, -0.2) is 24.3 Å². The summed E-state index contributed by atoms with van der Waals surface area (Å²) in [7, 11) is 3.22. The van der Waals surface area contributed by atoms with Gasteiger partial charge in [-0.15, -0.1) is 11.3 Å². The van der Waals surface area contributed by atoms with Crippen LogP contribution in [0.15, 0.2) is 18.2 Å². The van der Waals surface area contributed by atoms with Gasteiger partial charge in [0.05, 0.1) is 30.4 Å². The van der Waals surface area contributed by atoms with Gasteiger partial charge in [-0.1, -0.05) is 0 Å². The van der Waals surface area contributed by atoms with Crippen LogP contribution in [0.25, 0.3) is 10.6 Å². The summed E-state index contributed by atoms with van der Waals surface area (Å²) in [5.74, 6) is 1.36. The Morgan fingerprint density at radius 2 is 1.80 bits per heavy atom. The molecule has 0 fully saturated rings. The molecule has 4 nitrogen and oxygen atoms in total. The minimum absolute atomic E-state index is 0.669. The van der Waals surface area contributed by atoms with Crippen LogP contribution >= 0.6 is 11.3 Å². The molecule has 0 unspecified atom stereocenters. The van der Waals surface area contributed by atoms with E-state index in [1.54, 1.807) is 28.1 Å². The quantitative estimate of drug-likeness (QED) is 0.939. The third-order valence-electron chi connectivity index (χ3n) is 2.98. The lowest BCUT2D eigenvalue weighted by Gasteiger charge is -2.15. The number of aryl methyl sites for hydroxylation is 1. The Kier molecular flexibility index (Phi) is 4.01. The Morgan fingerprint density at radius 1 is 1.15 bits per heavy atom. The molecule has 0 saturated carbocycles. The number of nitrogens with zero attached hydrogens (tertiary/aromatic N) is 1. The number of hydrogen-bond acceptors (Lipinski definition) is 5. The molecule has 1 aromatic heterocycles. The third kappa shape index (κ3) is 2.78. The van der Waals surface area contributed by atoms with Gasteiger partial charge in [0.15, 0.2) is 11.5 Å². The standard InChI is InChI=1S/C15H19NO3S/c1-9-13(15(2,3)17)20-14(16-9)10-6-7-11(18-4)12(8-10)19-5/h6-8,17H,1-5H3. The number of aliphatic hydroxyl groups is 1. The van der Waals surface area contributed by atoms with Crippen molar-refractivity contribution in [3.05, 3.63) is 28.8 Å². The largest absolute Gasteiger partial charge is 0.493 e. The molecular formula is C15H19NO3S. The van der Waals surface area contributed by atoms with E-state index in [1.807, 2.05) is 25.1 Å². The Balaban J connectivity index is 2.47. The van der Waals surface area contributed by atoms with E-state index in [0.717, 1.165) is 21.1 Å². The van der Waals surface area contributed by atoms with Gasteiger partial charge in [0.2, 0.25) is 0 Å². The Labute approximate surface area is 123 Å². The summed E-state index contributed by atoms with van der Waals surface area (Å²) in [5.41, 5.74) is 0.926. The van der Waals surface area contributed by atoms with Crippen LogP contribution in [0, 0.1) is 6.92 Å². The highest BCUT2D eigenvalue weighted by atomic mass is 32.1. The second-order valence-corrected chi connectivity index (χ2v) is 6.06. The Morgan fingerprint density at radius 3 is 2.30 bits per heavy atom. The van der Waals surface area contributed by atoms with E-state index >= 15 is 0 Å². The summed E-state index contributed by atoms with van der Waals surface area (Å²) >= 11 is 1.49. The van der Waals surface area contributed by atoms with Gasteiger partial charge in [0, 0.05) is 5.56 Å². The van der Waals surface area contributed by atoms with Crippen LogP contribution in [0.2, 0.25) is 0 Å². The first-order valence-corrected chi connectivity index (χ1v) is 7.11. The first-order chi connectivity index (χ1) is 9.36. The summed E-state index contributed by atoms with van der Waals surface area (Å²) in [5, 5.41) is 11.0. The fourth-order valence-corrected chi connectivity index (χ4v) is 3.12. The number of hydrogen-bond donors (Lipinski definition) is 1. The first kappa shape index (κ1) is 14.8. The van der Waals surface area contributed by atoms with Crippen LogP contribution in [0.3, 0.4) is 0 Å². The van der Waals surface area contributed by atoms with E-state index < -0.39 is 5.60 Å². The Hall–Kier alpha value is -1.59. The predicted molar refractivity (Wildman–Crippen MR) is 80.6 cm³/mol. The molecule has 0 radical (unpaired) electrons. The molecule has 0 saturated heterocycles. The number of benzene rings is 1. The van der Waals surface area contributed by atoms with Gasteiger partial charge in [-0.05, 0) is 39.0 Å². The highest BCUT2D eigenvalue weighted by Gasteiger charge is 2.23. The molecule has 1 aromatic carbocycles. The van der Waals surface area contributed by atoms with Gasteiger partial charge >= 0.3 is 0 Å². The van der Waals surface area contributed by atoms with Crippen molar-refractivity contribution < 1.29 is 14.6 Å². The summed E-state index contributed by atoms with van der Waals surface area (Å²) in [6.07, 6.45) is 0. The lowest BCUT2D eigenvalue weighted by Crippen LogP contribution is -2.14. The zero-order valence-corrected chi connectivity index (χ0v) is 13.2. The van der Waals surface area contributed by atoms with Crippen molar-refractivity contribution in [2.45, 2.75) is 26.4 Å². The van der Waals surface area contributed by atoms with Crippen molar-refractivity contribution in [2.75, 3.05) is 14.2 Å². The molecule has 0 bridgehead atoms. The molecule has 20 heavy (non-hydrogen) atoms. The highest BCUT2D eigenvalue weighted by Crippen LogP contribution is 2.37. The van der Waals surface area contributed by atoms with E-state index in [0.29, 0.717) is 11.5 Å². The molecule has 0 aliphatic rings. The summed E-state index contributed by atoms with van der Waals surface area (Å²) in [6.45, 7) is 5.45. The van der Waals surface area contributed by atoms with Crippen molar-refractivity contribution in [2.24, 2.45) is 0 Å². The monoisotopic (exact) mass is 293 g/mol. The summed E-state index contributed by atoms with van der Waals surface area (Å²) in [4.78, 5) is 5.42. The number of rotatable bonds is 4. The molecule has 1 N–H and O–H groups in total. The van der Waals surface area contributed by atoms with Gasteiger partial charge in [-0.25, -0.2) is 4.98 Å². The van der Waals surface area contributed by atoms with Crippen molar-refractivity contribution in [1.29, 1.82) is 0 Å². The first-order valence-electron chi connectivity index (χ1n) is 6.29. The van der Waals surface area contributed by atoms with E-state index in [-0.39, 0.29) is 0 Å². The average molecular weight is 293 g/mol. The predicted octanol–water partition coefficient (Wildman–Crippen LogP) is 3.36. The second-order valence-electron chi connectivity index (χ2n) is 5.06. The maximum absolute atomic E-state index is 10.1. The number of methoxy groups -OCH3 is 2. The van der Waals surface area contributed by atoms with E-state index in [1.165, 1.54) is 11.3 Å². The third-order valence-corrected chi connectivity index (χ3v) is 4.50. The van der Waals surface area contributed by atoms with Crippen LogP contribution in [0.1, 0.15) is 24.4 Å². The smallest absolute Gasteiger partial charge is 0.161 e. The number of thiazole rings is 1. The maximum Gasteiger partial charge on any atom is 0.161 e. The van der Waals surface area contributed by atoms with Crippen LogP contribution < -0.4 is 9.47 Å². The van der Waals surface area contributed by atoms with E-state index in [2.05, 4.69) is 4.98 Å². The van der Waals surface area contributed by atoms with Gasteiger partial charge in [-0.2, -0.15) is 0 Å².